The number of piperazine rings is 1. The molecule has 2 aliphatic rings. The molecule has 2 aromatic carbocycles. The van der Waals surface area contributed by atoms with E-state index < -0.39 is 0 Å². The van der Waals surface area contributed by atoms with E-state index in [2.05, 4.69) is 22.3 Å². The second kappa shape index (κ2) is 8.28. The second-order valence-electron chi connectivity index (χ2n) is 8.01. The van der Waals surface area contributed by atoms with Gasteiger partial charge < -0.3 is 10.2 Å². The van der Waals surface area contributed by atoms with Gasteiger partial charge in [0.15, 0.2) is 0 Å². The Labute approximate surface area is 176 Å². The SMILES string of the molecule is CC(C)N1C(=O)c2ccc(NC(=O)N3CCN(Cc4ccccc4)CC3)cc2C1=O. The van der Waals surface area contributed by atoms with E-state index in [0.717, 1.165) is 19.6 Å². The molecule has 0 aliphatic carbocycles. The number of imide groups is 1. The molecule has 0 aromatic heterocycles. The lowest BCUT2D eigenvalue weighted by molar-refractivity contribution is 0.0609. The van der Waals surface area contributed by atoms with Crippen molar-refractivity contribution >= 4 is 23.5 Å². The van der Waals surface area contributed by atoms with Crippen LogP contribution in [-0.2, 0) is 6.54 Å². The fourth-order valence-corrected chi connectivity index (χ4v) is 3.96. The number of hydrogen-bond acceptors (Lipinski definition) is 4. The first kappa shape index (κ1) is 20.1. The predicted molar refractivity (Wildman–Crippen MR) is 114 cm³/mol. The van der Waals surface area contributed by atoms with Gasteiger partial charge in [0.2, 0.25) is 0 Å². The minimum atomic E-state index is -0.310. The summed E-state index contributed by atoms with van der Waals surface area (Å²) >= 11 is 0. The van der Waals surface area contributed by atoms with Crippen LogP contribution in [0.2, 0.25) is 0 Å². The van der Waals surface area contributed by atoms with Crippen LogP contribution in [0.1, 0.15) is 40.1 Å². The lowest BCUT2D eigenvalue weighted by Crippen LogP contribution is -2.49. The quantitative estimate of drug-likeness (QED) is 0.792. The van der Waals surface area contributed by atoms with Crippen molar-refractivity contribution in [2.24, 2.45) is 0 Å². The Bertz CT molecular complexity index is 966. The third kappa shape index (κ3) is 3.93. The van der Waals surface area contributed by atoms with E-state index in [0.29, 0.717) is 29.9 Å². The molecule has 0 saturated carbocycles. The minimum absolute atomic E-state index is 0.188. The normalized spacial score (nSPS) is 16.9. The molecule has 0 spiro atoms. The zero-order chi connectivity index (χ0) is 21.3. The Morgan fingerprint density at radius 1 is 0.933 bits per heavy atom. The van der Waals surface area contributed by atoms with Crippen molar-refractivity contribution in [2.75, 3.05) is 31.5 Å². The largest absolute Gasteiger partial charge is 0.322 e. The van der Waals surface area contributed by atoms with Gasteiger partial charge in [-0.15, -0.1) is 0 Å². The number of carbonyl (C=O) groups is 3. The van der Waals surface area contributed by atoms with Crippen LogP contribution in [0.4, 0.5) is 10.5 Å². The van der Waals surface area contributed by atoms with Gasteiger partial charge in [0, 0.05) is 44.5 Å². The van der Waals surface area contributed by atoms with Gasteiger partial charge in [0.05, 0.1) is 11.1 Å². The van der Waals surface area contributed by atoms with Gasteiger partial charge in [-0.25, -0.2) is 4.79 Å². The molecule has 1 saturated heterocycles. The fraction of sp³-hybridized carbons (Fsp3) is 0.348. The molecule has 2 aliphatic heterocycles. The molecule has 0 radical (unpaired) electrons. The van der Waals surface area contributed by atoms with E-state index >= 15 is 0 Å². The monoisotopic (exact) mass is 406 g/mol. The van der Waals surface area contributed by atoms with Crippen LogP contribution < -0.4 is 5.32 Å². The molecule has 156 valence electrons. The molecular formula is C23H26N4O3. The molecule has 7 nitrogen and oxygen atoms in total. The van der Waals surface area contributed by atoms with Crippen molar-refractivity contribution in [3.8, 4) is 0 Å². The van der Waals surface area contributed by atoms with Crippen LogP contribution in [0, 0.1) is 0 Å². The average Bonchev–Trinajstić information content (AvgIpc) is 2.99. The lowest BCUT2D eigenvalue weighted by Gasteiger charge is -2.34. The highest BCUT2D eigenvalue weighted by Crippen LogP contribution is 2.27. The summed E-state index contributed by atoms with van der Waals surface area (Å²) in [6.07, 6.45) is 0. The van der Waals surface area contributed by atoms with Crippen molar-refractivity contribution < 1.29 is 14.4 Å². The van der Waals surface area contributed by atoms with Crippen LogP contribution in [0.15, 0.2) is 48.5 Å². The molecule has 0 unspecified atom stereocenters. The number of nitrogens with zero attached hydrogens (tertiary/aromatic N) is 3. The Hall–Kier alpha value is -3.19. The molecule has 2 heterocycles. The standard InChI is InChI=1S/C23H26N4O3/c1-16(2)27-21(28)19-9-8-18(14-20(19)22(27)29)24-23(30)26-12-10-25(11-13-26)15-17-6-4-3-5-7-17/h3-9,14,16H,10-13,15H2,1-2H3,(H,24,30). The van der Waals surface area contributed by atoms with E-state index in [1.165, 1.54) is 10.5 Å². The van der Waals surface area contributed by atoms with Crippen LogP contribution in [-0.4, -0.2) is 64.8 Å². The van der Waals surface area contributed by atoms with Gasteiger partial charge in [0.25, 0.3) is 11.8 Å². The summed E-state index contributed by atoms with van der Waals surface area (Å²) in [6, 6.07) is 14.8. The maximum atomic E-state index is 12.7. The minimum Gasteiger partial charge on any atom is -0.322 e. The first-order chi connectivity index (χ1) is 14.4. The van der Waals surface area contributed by atoms with Crippen LogP contribution in [0.3, 0.4) is 0 Å². The number of urea groups is 1. The number of rotatable bonds is 4. The lowest BCUT2D eigenvalue weighted by atomic mass is 10.1. The highest BCUT2D eigenvalue weighted by molar-refractivity contribution is 6.22. The van der Waals surface area contributed by atoms with Gasteiger partial charge in [-0.05, 0) is 37.6 Å². The topological polar surface area (TPSA) is 73.0 Å². The van der Waals surface area contributed by atoms with Crippen molar-refractivity contribution in [3.05, 3.63) is 65.2 Å². The first-order valence-corrected chi connectivity index (χ1v) is 10.3. The summed E-state index contributed by atoms with van der Waals surface area (Å²) in [5.41, 5.74) is 2.53. The summed E-state index contributed by atoms with van der Waals surface area (Å²) in [5, 5.41) is 2.87. The van der Waals surface area contributed by atoms with Crippen molar-refractivity contribution in [1.82, 2.24) is 14.7 Å². The molecule has 0 bridgehead atoms. The van der Waals surface area contributed by atoms with Gasteiger partial charge in [0.1, 0.15) is 0 Å². The maximum absolute atomic E-state index is 12.7. The Morgan fingerprint density at radius 3 is 2.27 bits per heavy atom. The van der Waals surface area contributed by atoms with E-state index in [9.17, 15) is 14.4 Å². The summed E-state index contributed by atoms with van der Waals surface area (Å²) in [5.74, 6) is -0.590. The molecule has 30 heavy (non-hydrogen) atoms. The van der Waals surface area contributed by atoms with E-state index in [1.807, 2.05) is 32.0 Å². The van der Waals surface area contributed by atoms with Crippen molar-refractivity contribution in [1.29, 1.82) is 0 Å². The zero-order valence-corrected chi connectivity index (χ0v) is 17.3. The third-order valence-corrected chi connectivity index (χ3v) is 5.59. The smallest absolute Gasteiger partial charge is 0.321 e. The van der Waals surface area contributed by atoms with E-state index in [-0.39, 0.29) is 23.9 Å². The van der Waals surface area contributed by atoms with E-state index in [4.69, 9.17) is 0 Å². The van der Waals surface area contributed by atoms with Crippen LogP contribution in [0.25, 0.3) is 0 Å². The summed E-state index contributed by atoms with van der Waals surface area (Å²) in [4.78, 5) is 43.0. The molecule has 1 fully saturated rings. The molecule has 4 amide bonds. The fourth-order valence-electron chi connectivity index (χ4n) is 3.96. The maximum Gasteiger partial charge on any atom is 0.321 e. The van der Waals surface area contributed by atoms with Crippen molar-refractivity contribution in [2.45, 2.75) is 26.4 Å². The predicted octanol–water partition coefficient (Wildman–Crippen LogP) is 3.04. The number of hydrogen-bond donors (Lipinski definition) is 1. The van der Waals surface area contributed by atoms with Gasteiger partial charge in [-0.1, -0.05) is 30.3 Å². The summed E-state index contributed by atoms with van der Waals surface area (Å²) in [6.45, 7) is 7.39. The number of amides is 4. The third-order valence-electron chi connectivity index (χ3n) is 5.59. The van der Waals surface area contributed by atoms with Gasteiger partial charge in [-0.3, -0.25) is 19.4 Å². The summed E-state index contributed by atoms with van der Waals surface area (Å²) in [7, 11) is 0. The molecular weight excluding hydrogens is 380 g/mol. The van der Waals surface area contributed by atoms with Gasteiger partial charge in [-0.2, -0.15) is 0 Å². The molecule has 7 heteroatoms. The number of carbonyl (C=O) groups excluding carboxylic acids is 3. The Morgan fingerprint density at radius 2 is 1.60 bits per heavy atom. The zero-order valence-electron chi connectivity index (χ0n) is 17.3. The second-order valence-corrected chi connectivity index (χ2v) is 8.01. The number of nitrogens with one attached hydrogen (secondary N) is 1. The summed E-state index contributed by atoms with van der Waals surface area (Å²) < 4.78 is 0. The highest BCUT2D eigenvalue weighted by Gasteiger charge is 2.37. The molecule has 1 N–H and O–H groups in total. The van der Waals surface area contributed by atoms with Crippen LogP contribution in [0.5, 0.6) is 0 Å². The Balaban J connectivity index is 1.35. The van der Waals surface area contributed by atoms with Crippen LogP contribution >= 0.6 is 0 Å². The van der Waals surface area contributed by atoms with E-state index in [1.54, 1.807) is 23.1 Å². The van der Waals surface area contributed by atoms with Gasteiger partial charge >= 0.3 is 6.03 Å². The number of anilines is 1. The first-order valence-electron chi connectivity index (χ1n) is 10.3. The highest BCUT2D eigenvalue weighted by atomic mass is 16.2. The van der Waals surface area contributed by atoms with Crippen molar-refractivity contribution in [3.63, 3.8) is 0 Å². The Kier molecular flexibility index (Phi) is 5.55. The molecule has 0 atom stereocenters. The number of benzene rings is 2. The molecule has 4 rings (SSSR count). The average molecular weight is 406 g/mol. The molecule has 2 aromatic rings. The number of fused-ring (bicyclic) bond motifs is 1.